The number of carbonyl (C=O) groups excluding carboxylic acids is 2. The third-order valence-corrected chi connectivity index (χ3v) is 5.70. The number of ether oxygens (including phenoxy) is 4. The van der Waals surface area contributed by atoms with Gasteiger partial charge < -0.3 is 18.9 Å². The van der Waals surface area contributed by atoms with E-state index in [1.54, 1.807) is 38.5 Å². The number of allylic oxidation sites excluding steroid dienone is 1. The monoisotopic (exact) mass is 428 g/mol. The standard InChI is InChI=1S/C26H20O6/c1-29-20-10-6-9-16(25(20)30-2)13-21-24(28)17-11-12-19-23(26(17)32-21)18(14-22(27)31-19)15-7-4-3-5-8-15/h3-13,18H,14H2,1-2H3/b21-13-/t18-/m1/s1. The Morgan fingerprint density at radius 1 is 0.906 bits per heavy atom. The summed E-state index contributed by atoms with van der Waals surface area (Å²) in [7, 11) is 3.10. The number of hydrogen-bond acceptors (Lipinski definition) is 6. The molecule has 0 bridgehead atoms. The highest BCUT2D eigenvalue weighted by molar-refractivity contribution is 6.15. The van der Waals surface area contributed by atoms with Gasteiger partial charge in [-0.05, 0) is 29.8 Å². The molecule has 3 aromatic rings. The van der Waals surface area contributed by atoms with E-state index in [4.69, 9.17) is 18.9 Å². The first-order valence-electron chi connectivity index (χ1n) is 10.2. The Hall–Kier alpha value is -4.06. The minimum absolute atomic E-state index is 0.170. The first kappa shape index (κ1) is 19.9. The Morgan fingerprint density at radius 3 is 2.47 bits per heavy atom. The Kier molecular flexibility index (Phi) is 4.90. The topological polar surface area (TPSA) is 71.1 Å². The van der Waals surface area contributed by atoms with Crippen LogP contribution in [0.25, 0.3) is 6.08 Å². The highest BCUT2D eigenvalue weighted by Gasteiger charge is 2.38. The van der Waals surface area contributed by atoms with E-state index in [1.807, 2.05) is 42.5 Å². The summed E-state index contributed by atoms with van der Waals surface area (Å²) < 4.78 is 22.4. The zero-order chi connectivity index (χ0) is 22.2. The molecule has 6 nitrogen and oxygen atoms in total. The van der Waals surface area contributed by atoms with Crippen molar-refractivity contribution in [3.8, 4) is 23.0 Å². The predicted molar refractivity (Wildman–Crippen MR) is 117 cm³/mol. The van der Waals surface area contributed by atoms with Crippen LogP contribution in [0, 0.1) is 0 Å². The maximum atomic E-state index is 13.2. The van der Waals surface area contributed by atoms with E-state index in [-0.39, 0.29) is 29.9 Å². The normalized spacial score (nSPS) is 17.9. The van der Waals surface area contributed by atoms with Gasteiger partial charge in [0.2, 0.25) is 5.78 Å². The Labute approximate surface area is 185 Å². The van der Waals surface area contributed by atoms with E-state index in [1.165, 1.54) is 0 Å². The molecular weight excluding hydrogens is 408 g/mol. The van der Waals surface area contributed by atoms with Crippen molar-refractivity contribution in [3.63, 3.8) is 0 Å². The molecule has 160 valence electrons. The molecular formula is C26H20O6. The summed E-state index contributed by atoms with van der Waals surface area (Å²) in [6.45, 7) is 0. The first-order valence-corrected chi connectivity index (χ1v) is 10.2. The van der Waals surface area contributed by atoms with Crippen LogP contribution < -0.4 is 18.9 Å². The summed E-state index contributed by atoms with van der Waals surface area (Å²) in [5, 5.41) is 0. The van der Waals surface area contributed by atoms with Gasteiger partial charge in [-0.25, -0.2) is 0 Å². The summed E-state index contributed by atoms with van der Waals surface area (Å²) >= 11 is 0. The summed E-state index contributed by atoms with van der Waals surface area (Å²) in [6, 6.07) is 18.4. The number of ketones is 1. The molecule has 2 heterocycles. The van der Waals surface area contributed by atoms with Gasteiger partial charge in [0.05, 0.1) is 26.2 Å². The highest BCUT2D eigenvalue weighted by Crippen LogP contribution is 2.49. The fraction of sp³-hybridized carbons (Fsp3) is 0.154. The van der Waals surface area contributed by atoms with Crippen LogP contribution in [0.3, 0.4) is 0 Å². The van der Waals surface area contributed by atoms with Gasteiger partial charge in [0.25, 0.3) is 0 Å². The van der Waals surface area contributed by atoms with E-state index in [2.05, 4.69) is 0 Å². The van der Waals surface area contributed by atoms with Crippen molar-refractivity contribution in [2.75, 3.05) is 14.2 Å². The Balaban J connectivity index is 1.61. The minimum Gasteiger partial charge on any atom is -0.493 e. The molecule has 0 fully saturated rings. The number of esters is 1. The molecule has 6 heteroatoms. The van der Waals surface area contributed by atoms with Gasteiger partial charge >= 0.3 is 5.97 Å². The molecule has 0 aromatic heterocycles. The maximum Gasteiger partial charge on any atom is 0.312 e. The van der Waals surface area contributed by atoms with E-state index < -0.39 is 0 Å². The van der Waals surface area contributed by atoms with Crippen LogP contribution >= 0.6 is 0 Å². The van der Waals surface area contributed by atoms with E-state index in [9.17, 15) is 9.59 Å². The Morgan fingerprint density at radius 2 is 1.72 bits per heavy atom. The van der Waals surface area contributed by atoms with Gasteiger partial charge in [0.1, 0.15) is 11.5 Å². The van der Waals surface area contributed by atoms with Gasteiger partial charge in [-0.2, -0.15) is 0 Å². The fourth-order valence-electron chi connectivity index (χ4n) is 4.24. The average Bonchev–Trinajstić information content (AvgIpc) is 3.14. The van der Waals surface area contributed by atoms with Gasteiger partial charge in [0, 0.05) is 17.0 Å². The molecule has 2 aliphatic heterocycles. The van der Waals surface area contributed by atoms with Gasteiger partial charge in [-0.15, -0.1) is 0 Å². The molecule has 3 aromatic carbocycles. The number of carbonyl (C=O) groups is 2. The van der Waals surface area contributed by atoms with Crippen molar-refractivity contribution in [2.45, 2.75) is 12.3 Å². The Bertz CT molecular complexity index is 1260. The molecule has 0 aliphatic carbocycles. The van der Waals surface area contributed by atoms with Crippen molar-refractivity contribution < 1.29 is 28.5 Å². The lowest BCUT2D eigenvalue weighted by molar-refractivity contribution is -0.135. The van der Waals surface area contributed by atoms with Crippen LogP contribution in [0.4, 0.5) is 0 Å². The van der Waals surface area contributed by atoms with Crippen molar-refractivity contribution in [1.82, 2.24) is 0 Å². The van der Waals surface area contributed by atoms with E-state index in [0.717, 1.165) is 5.56 Å². The quantitative estimate of drug-likeness (QED) is 0.339. The second kappa shape index (κ2) is 7.89. The van der Waals surface area contributed by atoms with Crippen LogP contribution in [0.1, 0.15) is 39.4 Å². The van der Waals surface area contributed by atoms with Crippen LogP contribution in [-0.4, -0.2) is 26.0 Å². The molecule has 2 aliphatic rings. The van der Waals surface area contributed by atoms with Gasteiger partial charge in [-0.3, -0.25) is 9.59 Å². The van der Waals surface area contributed by atoms with Crippen LogP contribution in [0.2, 0.25) is 0 Å². The van der Waals surface area contributed by atoms with Crippen LogP contribution in [0.15, 0.2) is 66.4 Å². The molecule has 0 saturated carbocycles. The van der Waals surface area contributed by atoms with E-state index in [0.29, 0.717) is 39.7 Å². The van der Waals surface area contributed by atoms with E-state index >= 15 is 0 Å². The molecule has 0 radical (unpaired) electrons. The van der Waals surface area contributed by atoms with Gasteiger partial charge in [0.15, 0.2) is 17.3 Å². The lowest BCUT2D eigenvalue weighted by Gasteiger charge is -2.26. The molecule has 32 heavy (non-hydrogen) atoms. The fourth-order valence-corrected chi connectivity index (χ4v) is 4.24. The van der Waals surface area contributed by atoms with Crippen molar-refractivity contribution >= 4 is 17.8 Å². The zero-order valence-corrected chi connectivity index (χ0v) is 17.6. The number of Topliss-reactive ketones (excluding diaryl/α,β-unsaturated/α-hetero) is 1. The molecule has 0 spiro atoms. The van der Waals surface area contributed by atoms with Crippen LogP contribution in [0.5, 0.6) is 23.0 Å². The molecule has 0 N–H and O–H groups in total. The summed E-state index contributed by atoms with van der Waals surface area (Å²) in [5.41, 5.74) is 2.77. The van der Waals surface area contributed by atoms with Gasteiger partial charge in [-0.1, -0.05) is 42.5 Å². The number of benzene rings is 3. The number of hydrogen-bond donors (Lipinski definition) is 0. The van der Waals surface area contributed by atoms with Crippen molar-refractivity contribution in [3.05, 3.63) is 88.7 Å². The molecule has 0 unspecified atom stereocenters. The minimum atomic E-state index is -0.312. The van der Waals surface area contributed by atoms with Crippen molar-refractivity contribution in [1.29, 1.82) is 0 Å². The SMILES string of the molecule is COc1cccc(/C=C2\Oc3c(ccc4c3[C@@H](c3ccccc3)CC(=O)O4)C2=O)c1OC. The number of para-hydroxylation sites is 1. The number of rotatable bonds is 4. The highest BCUT2D eigenvalue weighted by atomic mass is 16.5. The second-order valence-corrected chi connectivity index (χ2v) is 7.52. The molecule has 5 rings (SSSR count). The lowest BCUT2D eigenvalue weighted by Crippen LogP contribution is -2.21. The molecule has 1 atom stereocenters. The summed E-state index contributed by atoms with van der Waals surface area (Å²) in [6.07, 6.45) is 1.82. The largest absolute Gasteiger partial charge is 0.493 e. The molecule has 0 saturated heterocycles. The van der Waals surface area contributed by atoms with Crippen molar-refractivity contribution in [2.24, 2.45) is 0 Å². The number of methoxy groups -OCH3 is 2. The summed E-state index contributed by atoms with van der Waals surface area (Å²) in [5.74, 6) is 1.27. The zero-order valence-electron chi connectivity index (χ0n) is 17.6. The third-order valence-electron chi connectivity index (χ3n) is 5.70. The number of fused-ring (bicyclic) bond motifs is 3. The van der Waals surface area contributed by atoms with Crippen LogP contribution in [-0.2, 0) is 4.79 Å². The maximum absolute atomic E-state index is 13.2. The molecule has 0 amide bonds. The lowest BCUT2D eigenvalue weighted by atomic mass is 9.85. The second-order valence-electron chi connectivity index (χ2n) is 7.52. The predicted octanol–water partition coefficient (Wildman–Crippen LogP) is 4.76. The summed E-state index contributed by atoms with van der Waals surface area (Å²) in [4.78, 5) is 25.4. The average molecular weight is 428 g/mol. The third kappa shape index (κ3) is 3.21. The smallest absolute Gasteiger partial charge is 0.312 e. The first-order chi connectivity index (χ1) is 15.6.